The predicted molar refractivity (Wildman–Crippen MR) is 49.6 cm³/mol. The molecule has 0 bridgehead atoms. The number of carbonyl (C=O) groups is 1. The van der Waals surface area contributed by atoms with Crippen LogP contribution in [0.5, 0.6) is 0 Å². The van der Waals surface area contributed by atoms with Gasteiger partial charge in [-0.25, -0.2) is 0 Å². The van der Waals surface area contributed by atoms with Crippen LogP contribution >= 0.6 is 11.3 Å². The predicted octanol–water partition coefficient (Wildman–Crippen LogP) is 2.72. The fourth-order valence-electron chi connectivity index (χ4n) is 1.22. The van der Waals surface area contributed by atoms with E-state index in [0.29, 0.717) is 0 Å². The summed E-state index contributed by atoms with van der Waals surface area (Å²) in [6, 6.07) is 4.41. The second-order valence-electron chi connectivity index (χ2n) is 2.75. The zero-order chi connectivity index (χ0) is 8.81. The maximum absolute atomic E-state index is 8.36. The molecular weight excluding hydrogens is 172 g/mol. The van der Waals surface area contributed by atoms with Gasteiger partial charge in [0.2, 0.25) is 0 Å². The minimum atomic E-state index is -0.250. The van der Waals surface area contributed by atoms with Gasteiger partial charge in [0.25, 0.3) is 6.47 Å². The summed E-state index contributed by atoms with van der Waals surface area (Å²) in [6.07, 6.45) is 4.31. The fourth-order valence-corrected chi connectivity index (χ4v) is 2.12. The first-order valence-corrected chi connectivity index (χ1v) is 4.87. The lowest BCUT2D eigenvalue weighted by Gasteiger charge is -2.23. The van der Waals surface area contributed by atoms with Crippen molar-refractivity contribution in [3.63, 3.8) is 0 Å². The van der Waals surface area contributed by atoms with Crippen LogP contribution in [0.1, 0.15) is 30.1 Å². The molecule has 1 fully saturated rings. The molecule has 2 nitrogen and oxygen atoms in total. The highest BCUT2D eigenvalue weighted by Crippen LogP contribution is 2.38. The standard InChI is InChI=1S/C8H10S.CH2O2/c1-3-7(4-1)8-5-2-6-9-8;2-1-3/h2,5-7H,1,3-4H2;1H,(H,2,3). The molecule has 1 aliphatic carbocycles. The molecule has 0 aromatic carbocycles. The molecule has 0 radical (unpaired) electrons. The first kappa shape index (κ1) is 9.26. The zero-order valence-electron chi connectivity index (χ0n) is 6.77. The number of hydrogen-bond acceptors (Lipinski definition) is 2. The molecule has 66 valence electrons. The van der Waals surface area contributed by atoms with Crippen molar-refractivity contribution in [3.8, 4) is 0 Å². The lowest BCUT2D eigenvalue weighted by Crippen LogP contribution is -2.06. The summed E-state index contributed by atoms with van der Waals surface area (Å²) in [7, 11) is 0. The Kier molecular flexibility index (Phi) is 3.80. The lowest BCUT2D eigenvalue weighted by atomic mass is 9.84. The highest BCUT2D eigenvalue weighted by molar-refractivity contribution is 7.10. The van der Waals surface area contributed by atoms with Gasteiger partial charge >= 0.3 is 0 Å². The van der Waals surface area contributed by atoms with Crippen LogP contribution in [0.2, 0.25) is 0 Å². The maximum atomic E-state index is 8.36. The van der Waals surface area contributed by atoms with Crippen LogP contribution < -0.4 is 0 Å². The summed E-state index contributed by atoms with van der Waals surface area (Å²) in [5, 5.41) is 9.06. The third-order valence-electron chi connectivity index (χ3n) is 2.05. The second kappa shape index (κ2) is 4.93. The minimum absolute atomic E-state index is 0.250. The smallest absolute Gasteiger partial charge is 0.290 e. The molecule has 1 N–H and O–H groups in total. The number of thiophene rings is 1. The Morgan fingerprint density at radius 3 is 2.58 bits per heavy atom. The SMILES string of the molecule is O=CO.c1csc(C2CCC2)c1. The Bertz CT molecular complexity index is 214. The average Bonchev–Trinajstić information content (AvgIpc) is 2.37. The summed E-state index contributed by atoms with van der Waals surface area (Å²) in [4.78, 5) is 9.96. The van der Waals surface area contributed by atoms with Crippen LogP contribution in [0, 0.1) is 0 Å². The fraction of sp³-hybridized carbons (Fsp3) is 0.444. The van der Waals surface area contributed by atoms with E-state index < -0.39 is 0 Å². The Labute approximate surface area is 75.9 Å². The van der Waals surface area contributed by atoms with Crippen LogP contribution in [0.15, 0.2) is 17.5 Å². The van der Waals surface area contributed by atoms with Crippen molar-refractivity contribution in [1.29, 1.82) is 0 Å². The van der Waals surface area contributed by atoms with E-state index in [4.69, 9.17) is 9.90 Å². The molecule has 1 aliphatic rings. The van der Waals surface area contributed by atoms with Gasteiger partial charge in [-0.3, -0.25) is 4.79 Å². The van der Waals surface area contributed by atoms with Gasteiger partial charge in [0.1, 0.15) is 0 Å². The third-order valence-corrected chi connectivity index (χ3v) is 3.09. The van der Waals surface area contributed by atoms with E-state index in [2.05, 4.69) is 17.5 Å². The van der Waals surface area contributed by atoms with Gasteiger partial charge < -0.3 is 5.11 Å². The molecule has 0 aliphatic heterocycles. The highest BCUT2D eigenvalue weighted by Gasteiger charge is 2.19. The first-order chi connectivity index (χ1) is 5.88. The minimum Gasteiger partial charge on any atom is -0.483 e. The van der Waals surface area contributed by atoms with E-state index in [1.165, 1.54) is 19.3 Å². The van der Waals surface area contributed by atoms with Crippen molar-refractivity contribution >= 4 is 17.8 Å². The largest absolute Gasteiger partial charge is 0.483 e. The van der Waals surface area contributed by atoms with E-state index in [9.17, 15) is 0 Å². The zero-order valence-corrected chi connectivity index (χ0v) is 7.59. The van der Waals surface area contributed by atoms with Crippen LogP contribution in [-0.2, 0) is 4.79 Å². The summed E-state index contributed by atoms with van der Waals surface area (Å²) in [6.45, 7) is -0.250. The van der Waals surface area contributed by atoms with Crippen molar-refractivity contribution in [3.05, 3.63) is 22.4 Å². The molecule has 12 heavy (non-hydrogen) atoms. The van der Waals surface area contributed by atoms with Crippen molar-refractivity contribution in [1.82, 2.24) is 0 Å². The molecule has 0 atom stereocenters. The molecule has 0 saturated heterocycles. The normalized spacial score (nSPS) is 15.7. The van der Waals surface area contributed by atoms with Crippen molar-refractivity contribution in [2.75, 3.05) is 0 Å². The van der Waals surface area contributed by atoms with E-state index in [-0.39, 0.29) is 6.47 Å². The monoisotopic (exact) mass is 184 g/mol. The molecule has 1 aromatic heterocycles. The average molecular weight is 184 g/mol. The van der Waals surface area contributed by atoms with Gasteiger partial charge in [-0.1, -0.05) is 12.5 Å². The van der Waals surface area contributed by atoms with Crippen LogP contribution in [0.4, 0.5) is 0 Å². The Morgan fingerprint density at radius 1 is 1.58 bits per heavy atom. The third kappa shape index (κ3) is 2.34. The molecule has 3 heteroatoms. The van der Waals surface area contributed by atoms with Gasteiger partial charge in [-0.15, -0.1) is 11.3 Å². The molecule has 1 aromatic rings. The number of carboxylic acid groups (broad SMARTS) is 1. The summed E-state index contributed by atoms with van der Waals surface area (Å²) in [5.74, 6) is 0.935. The number of rotatable bonds is 1. The van der Waals surface area contributed by atoms with E-state index in [1.54, 1.807) is 4.88 Å². The Morgan fingerprint density at radius 2 is 2.25 bits per heavy atom. The van der Waals surface area contributed by atoms with E-state index in [1.807, 2.05) is 11.3 Å². The first-order valence-electron chi connectivity index (χ1n) is 3.99. The van der Waals surface area contributed by atoms with E-state index >= 15 is 0 Å². The molecule has 0 amide bonds. The molecule has 0 unspecified atom stereocenters. The second-order valence-corrected chi connectivity index (χ2v) is 3.73. The van der Waals surface area contributed by atoms with E-state index in [0.717, 1.165) is 5.92 Å². The molecule has 1 heterocycles. The quantitative estimate of drug-likeness (QED) is 0.681. The van der Waals surface area contributed by atoms with Gasteiger partial charge in [-0.2, -0.15) is 0 Å². The summed E-state index contributed by atoms with van der Waals surface area (Å²) >= 11 is 1.91. The van der Waals surface area contributed by atoms with Crippen LogP contribution in [0.25, 0.3) is 0 Å². The van der Waals surface area contributed by atoms with Crippen molar-refractivity contribution in [2.45, 2.75) is 25.2 Å². The Balaban J connectivity index is 0.000000213. The van der Waals surface area contributed by atoms with Gasteiger partial charge in [0.15, 0.2) is 0 Å². The van der Waals surface area contributed by atoms with Crippen LogP contribution in [-0.4, -0.2) is 11.6 Å². The summed E-state index contributed by atoms with van der Waals surface area (Å²) < 4.78 is 0. The Hall–Kier alpha value is -0.830. The van der Waals surface area contributed by atoms with Crippen molar-refractivity contribution < 1.29 is 9.90 Å². The lowest BCUT2D eigenvalue weighted by molar-refractivity contribution is -0.122. The van der Waals surface area contributed by atoms with Gasteiger partial charge in [-0.05, 0) is 30.2 Å². The van der Waals surface area contributed by atoms with Crippen LogP contribution in [0.3, 0.4) is 0 Å². The van der Waals surface area contributed by atoms with Crippen molar-refractivity contribution in [2.24, 2.45) is 0 Å². The molecule has 0 spiro atoms. The van der Waals surface area contributed by atoms with Gasteiger partial charge in [0, 0.05) is 4.88 Å². The maximum Gasteiger partial charge on any atom is 0.290 e. The number of hydrogen-bond donors (Lipinski definition) is 1. The molecular formula is C9H12O2S. The summed E-state index contributed by atoms with van der Waals surface area (Å²) in [5.41, 5.74) is 0. The molecule has 1 saturated carbocycles. The topological polar surface area (TPSA) is 37.3 Å². The highest BCUT2D eigenvalue weighted by atomic mass is 32.1. The molecule has 2 rings (SSSR count). The van der Waals surface area contributed by atoms with Gasteiger partial charge in [0.05, 0.1) is 0 Å².